The van der Waals surface area contributed by atoms with Crippen LogP contribution in [0.5, 0.6) is 5.75 Å². The molecule has 0 aliphatic heterocycles. The molecule has 0 spiro atoms. The summed E-state index contributed by atoms with van der Waals surface area (Å²) in [6.45, 7) is 15.2. The third-order valence-corrected chi connectivity index (χ3v) is 4.77. The number of para-hydroxylation sites is 1. The van der Waals surface area contributed by atoms with Crippen LogP contribution in [-0.4, -0.2) is 37.1 Å². The summed E-state index contributed by atoms with van der Waals surface area (Å²) in [5, 5.41) is 0. The zero-order valence-electron chi connectivity index (χ0n) is 17.2. The molecule has 0 bridgehead atoms. The Balaban J connectivity index is 0.00000576. The van der Waals surface area contributed by atoms with Crippen molar-refractivity contribution in [2.75, 3.05) is 20.2 Å². The topological polar surface area (TPSA) is 18.5 Å². The van der Waals surface area contributed by atoms with Crippen LogP contribution in [0.25, 0.3) is 0 Å². The van der Waals surface area contributed by atoms with Crippen LogP contribution in [0.2, 0.25) is 0 Å². The summed E-state index contributed by atoms with van der Waals surface area (Å²) >= 11 is 0. The molecule has 0 saturated heterocycles. The van der Waals surface area contributed by atoms with E-state index in [0.29, 0.717) is 24.5 Å². The van der Waals surface area contributed by atoms with Gasteiger partial charge in [0.1, 0.15) is 5.75 Å². The molecule has 0 aliphatic carbocycles. The highest BCUT2D eigenvalue weighted by Crippen LogP contribution is 2.29. The zero-order valence-corrected chi connectivity index (χ0v) is 17.9. The van der Waals surface area contributed by atoms with Crippen LogP contribution in [0.3, 0.4) is 0 Å². The van der Waals surface area contributed by atoms with Crippen molar-refractivity contribution >= 4 is 0 Å². The van der Waals surface area contributed by atoms with Crippen molar-refractivity contribution in [2.45, 2.75) is 66.8 Å². The molecule has 2 atom stereocenters. The Bertz CT molecular complexity index is 442. The lowest BCUT2D eigenvalue weighted by Gasteiger charge is -2.46. The molecule has 0 N–H and O–H groups in total. The molecule has 0 fully saturated rings. The van der Waals surface area contributed by atoms with E-state index in [1.165, 1.54) is 12.8 Å². The van der Waals surface area contributed by atoms with Gasteiger partial charge in [-0.15, -0.1) is 0 Å². The van der Waals surface area contributed by atoms with E-state index in [1.54, 1.807) is 0 Å². The van der Waals surface area contributed by atoms with Crippen LogP contribution in [0.15, 0.2) is 30.3 Å². The molecule has 0 heterocycles. The lowest BCUT2D eigenvalue weighted by molar-refractivity contribution is -0.994. The van der Waals surface area contributed by atoms with Gasteiger partial charge >= 0.3 is 6.41 Å². The monoisotopic (exact) mass is 371 g/mol. The lowest BCUT2D eigenvalue weighted by atomic mass is 9.93. The maximum absolute atomic E-state index is 6.31. The third-order valence-electron chi connectivity index (χ3n) is 4.77. The van der Waals surface area contributed by atoms with Crippen molar-refractivity contribution in [1.29, 1.82) is 0 Å². The van der Waals surface area contributed by atoms with Crippen LogP contribution >= 0.6 is 0 Å². The van der Waals surface area contributed by atoms with Crippen molar-refractivity contribution < 1.29 is 26.4 Å². The van der Waals surface area contributed by atoms with Gasteiger partial charge in [-0.2, -0.15) is 0 Å². The quantitative estimate of drug-likeness (QED) is 0.439. The number of hydrogen-bond acceptors (Lipinski definition) is 2. The SMILES string of the molecule is CCOC(Oc1ccccc1)[N+](C)(CC)C(CC(C)C)CC(C)C.[Cl-]. The van der Waals surface area contributed by atoms with Gasteiger partial charge in [-0.05, 0) is 37.8 Å². The average Bonchev–Trinajstić information content (AvgIpc) is 2.53. The Morgan fingerprint density at radius 2 is 1.44 bits per heavy atom. The largest absolute Gasteiger partial charge is 1.00 e. The fraction of sp³-hybridized carbons (Fsp3) is 0.714. The molecule has 1 aromatic rings. The van der Waals surface area contributed by atoms with E-state index in [2.05, 4.69) is 41.7 Å². The number of nitrogens with zero attached hydrogens (tertiary/aromatic N) is 1. The van der Waals surface area contributed by atoms with E-state index in [0.717, 1.165) is 16.8 Å². The summed E-state index contributed by atoms with van der Waals surface area (Å²) in [5.41, 5.74) is 0. The van der Waals surface area contributed by atoms with E-state index in [9.17, 15) is 0 Å². The van der Waals surface area contributed by atoms with Crippen LogP contribution in [0.1, 0.15) is 54.4 Å². The highest BCUT2D eigenvalue weighted by Gasteiger charge is 2.41. The molecule has 0 aliphatic rings. The number of rotatable bonds is 11. The van der Waals surface area contributed by atoms with Gasteiger partial charge in [0.05, 0.1) is 26.2 Å². The second kappa shape index (κ2) is 11.8. The summed E-state index contributed by atoms with van der Waals surface area (Å²) in [7, 11) is 2.29. The Morgan fingerprint density at radius 1 is 0.920 bits per heavy atom. The minimum Gasteiger partial charge on any atom is -1.00 e. The van der Waals surface area contributed by atoms with E-state index < -0.39 is 0 Å². The molecular formula is C21H38ClNO2. The van der Waals surface area contributed by atoms with Gasteiger partial charge in [-0.1, -0.05) is 45.9 Å². The van der Waals surface area contributed by atoms with Crippen LogP contribution in [0, 0.1) is 11.8 Å². The molecule has 4 heteroatoms. The van der Waals surface area contributed by atoms with Gasteiger partial charge in [-0.3, -0.25) is 9.22 Å². The second-order valence-electron chi connectivity index (χ2n) is 7.77. The Hall–Kier alpha value is -0.770. The molecule has 3 nitrogen and oxygen atoms in total. The van der Waals surface area contributed by atoms with Crippen LogP contribution < -0.4 is 17.1 Å². The molecular weight excluding hydrogens is 334 g/mol. The fourth-order valence-electron chi connectivity index (χ4n) is 3.33. The van der Waals surface area contributed by atoms with Gasteiger partial charge < -0.3 is 17.1 Å². The predicted molar refractivity (Wildman–Crippen MR) is 102 cm³/mol. The van der Waals surface area contributed by atoms with Gasteiger partial charge in [0.25, 0.3) is 0 Å². The smallest absolute Gasteiger partial charge is 0.351 e. The van der Waals surface area contributed by atoms with E-state index in [4.69, 9.17) is 9.47 Å². The summed E-state index contributed by atoms with van der Waals surface area (Å²) in [5.74, 6) is 2.20. The zero-order chi connectivity index (χ0) is 18.2. The first-order valence-electron chi connectivity index (χ1n) is 9.51. The van der Waals surface area contributed by atoms with E-state index in [-0.39, 0.29) is 18.8 Å². The molecule has 0 saturated carbocycles. The molecule has 0 amide bonds. The molecule has 146 valence electrons. The van der Waals surface area contributed by atoms with Crippen LogP contribution in [0.4, 0.5) is 0 Å². The summed E-state index contributed by atoms with van der Waals surface area (Å²) in [6, 6.07) is 10.6. The molecule has 0 radical (unpaired) electrons. The summed E-state index contributed by atoms with van der Waals surface area (Å²) < 4.78 is 13.2. The maximum atomic E-state index is 6.31. The van der Waals surface area contributed by atoms with E-state index >= 15 is 0 Å². The number of benzene rings is 1. The first-order valence-corrected chi connectivity index (χ1v) is 9.51. The normalized spacial score (nSPS) is 15.1. The number of ether oxygens (including phenoxy) is 2. The molecule has 0 aromatic heterocycles. The fourth-order valence-corrected chi connectivity index (χ4v) is 3.33. The number of halogens is 1. The minimum absolute atomic E-state index is 0. The highest BCUT2D eigenvalue weighted by atomic mass is 35.5. The first kappa shape index (κ1) is 24.2. The third kappa shape index (κ3) is 7.55. The first-order chi connectivity index (χ1) is 11.3. The number of quaternary nitrogens is 1. The predicted octanol–water partition coefficient (Wildman–Crippen LogP) is 2.32. The molecule has 25 heavy (non-hydrogen) atoms. The average molecular weight is 372 g/mol. The summed E-state index contributed by atoms with van der Waals surface area (Å²) in [4.78, 5) is 0. The lowest BCUT2D eigenvalue weighted by Crippen LogP contribution is -3.00. The summed E-state index contributed by atoms with van der Waals surface area (Å²) in [6.07, 6.45) is 2.10. The van der Waals surface area contributed by atoms with Crippen molar-refractivity contribution in [3.05, 3.63) is 30.3 Å². The standard InChI is InChI=1S/C21H38NO2.ClH/c1-8-22(7,19(15-17(3)4)16-18(5)6)21(23-9-2)24-20-13-11-10-12-14-20;/h10-14,17-19,21H,8-9,15-16H2,1-7H3;1H/q+1;/p-1. The maximum Gasteiger partial charge on any atom is 0.351 e. The van der Waals surface area contributed by atoms with Gasteiger partial charge in [0, 0.05) is 12.8 Å². The molecule has 1 rings (SSSR count). The van der Waals surface area contributed by atoms with Gasteiger partial charge in [-0.25, -0.2) is 0 Å². The Kier molecular flexibility index (Phi) is 11.4. The van der Waals surface area contributed by atoms with Crippen molar-refractivity contribution in [1.82, 2.24) is 0 Å². The second-order valence-corrected chi connectivity index (χ2v) is 7.77. The number of hydrogen-bond donors (Lipinski definition) is 0. The van der Waals surface area contributed by atoms with Crippen LogP contribution in [-0.2, 0) is 4.74 Å². The Morgan fingerprint density at radius 3 is 1.84 bits per heavy atom. The molecule has 2 unspecified atom stereocenters. The van der Waals surface area contributed by atoms with E-state index in [1.807, 2.05) is 37.3 Å². The Labute approximate surface area is 161 Å². The van der Waals surface area contributed by atoms with Crippen molar-refractivity contribution in [3.8, 4) is 5.75 Å². The highest BCUT2D eigenvalue weighted by molar-refractivity contribution is 5.20. The van der Waals surface area contributed by atoms with Gasteiger partial charge in [0.15, 0.2) is 0 Å². The minimum atomic E-state index is -0.273. The molecule has 1 aromatic carbocycles. The van der Waals surface area contributed by atoms with Crippen molar-refractivity contribution in [2.24, 2.45) is 11.8 Å². The van der Waals surface area contributed by atoms with Crippen molar-refractivity contribution in [3.63, 3.8) is 0 Å². The van der Waals surface area contributed by atoms with Gasteiger partial charge in [0.2, 0.25) is 0 Å².